The van der Waals surface area contributed by atoms with Crippen LogP contribution < -0.4 is 10.6 Å². The fraction of sp³-hybridized carbons (Fsp3) is 0.500. The zero-order valence-electron chi connectivity index (χ0n) is 13.9. The monoisotopic (exact) mass is 356 g/mol. The first-order valence-electron chi connectivity index (χ1n) is 7.96. The van der Waals surface area contributed by atoms with E-state index in [2.05, 4.69) is 15.6 Å². The number of amides is 2. The van der Waals surface area contributed by atoms with E-state index in [4.69, 9.17) is 4.74 Å². The molecular formula is C16H19F3N4O2. The molecule has 0 unspecified atom stereocenters. The Balaban J connectivity index is 1.86. The van der Waals surface area contributed by atoms with Crippen LogP contribution in [0.4, 0.5) is 18.0 Å². The fourth-order valence-electron chi connectivity index (χ4n) is 2.87. The second-order valence-electron chi connectivity index (χ2n) is 6.28. The molecule has 0 fully saturated rings. The molecule has 0 saturated heterocycles. The number of imidazole rings is 1. The quantitative estimate of drug-likeness (QED) is 0.889. The number of nitrogens with zero attached hydrogens (tertiary/aromatic N) is 2. The van der Waals surface area contributed by atoms with Gasteiger partial charge < -0.3 is 19.9 Å². The molecular weight excluding hydrogens is 337 g/mol. The van der Waals surface area contributed by atoms with Gasteiger partial charge in [0, 0.05) is 12.6 Å². The van der Waals surface area contributed by atoms with Gasteiger partial charge in [0.15, 0.2) is 0 Å². The minimum atomic E-state index is -4.41. The summed E-state index contributed by atoms with van der Waals surface area (Å²) in [6.07, 6.45) is -4.41. The van der Waals surface area contributed by atoms with E-state index < -0.39 is 11.7 Å². The van der Waals surface area contributed by atoms with Crippen molar-refractivity contribution in [2.24, 2.45) is 0 Å². The van der Waals surface area contributed by atoms with E-state index in [0.29, 0.717) is 17.9 Å². The van der Waals surface area contributed by atoms with E-state index in [9.17, 15) is 18.0 Å². The Kier molecular flexibility index (Phi) is 4.59. The highest BCUT2D eigenvalue weighted by Gasteiger charge is 2.32. The van der Waals surface area contributed by atoms with Gasteiger partial charge >= 0.3 is 12.2 Å². The smallest absolute Gasteiger partial charge is 0.371 e. The highest BCUT2D eigenvalue weighted by atomic mass is 19.4. The van der Waals surface area contributed by atoms with Gasteiger partial charge in [0.2, 0.25) is 0 Å². The summed E-state index contributed by atoms with van der Waals surface area (Å²) in [6.45, 7) is 4.57. The Morgan fingerprint density at radius 3 is 2.88 bits per heavy atom. The van der Waals surface area contributed by atoms with Gasteiger partial charge in [-0.3, -0.25) is 0 Å². The number of benzene rings is 1. The molecule has 2 aromatic rings. The zero-order valence-corrected chi connectivity index (χ0v) is 13.9. The molecule has 25 heavy (non-hydrogen) atoms. The normalized spacial score (nSPS) is 17.6. The van der Waals surface area contributed by atoms with Crippen molar-refractivity contribution < 1.29 is 22.7 Å². The summed E-state index contributed by atoms with van der Waals surface area (Å²) in [5.41, 5.74) is 0.136. The van der Waals surface area contributed by atoms with Crippen LogP contribution in [-0.4, -0.2) is 34.8 Å². The molecule has 0 bridgehead atoms. The van der Waals surface area contributed by atoms with Crippen LogP contribution in [0.5, 0.6) is 0 Å². The number of ether oxygens (including phenoxy) is 1. The predicted molar refractivity (Wildman–Crippen MR) is 85.1 cm³/mol. The van der Waals surface area contributed by atoms with E-state index in [0.717, 1.165) is 12.1 Å². The number of carbonyl (C=O) groups is 1. The molecule has 0 radical (unpaired) electrons. The third-order valence-corrected chi connectivity index (χ3v) is 3.91. The molecule has 136 valence electrons. The van der Waals surface area contributed by atoms with Crippen molar-refractivity contribution in [1.82, 2.24) is 20.2 Å². The molecule has 2 N–H and O–H groups in total. The Hall–Kier alpha value is -2.29. The SMILES string of the molecule is CC(C)NC(=O)NC[C@H]1COCc2nc3cc(C(F)(F)F)ccc3n21. The first-order chi connectivity index (χ1) is 11.8. The first-order valence-corrected chi connectivity index (χ1v) is 7.96. The lowest BCUT2D eigenvalue weighted by Gasteiger charge is -2.26. The number of alkyl halides is 3. The molecule has 1 aromatic carbocycles. The second kappa shape index (κ2) is 6.55. The Morgan fingerprint density at radius 1 is 1.44 bits per heavy atom. The van der Waals surface area contributed by atoms with Gasteiger partial charge in [0.05, 0.1) is 29.2 Å². The lowest BCUT2D eigenvalue weighted by atomic mass is 10.2. The van der Waals surface area contributed by atoms with Gasteiger partial charge in [-0.15, -0.1) is 0 Å². The van der Waals surface area contributed by atoms with E-state index in [1.54, 1.807) is 0 Å². The molecule has 9 heteroatoms. The van der Waals surface area contributed by atoms with Gasteiger partial charge in [0.25, 0.3) is 0 Å². The summed E-state index contributed by atoms with van der Waals surface area (Å²) in [7, 11) is 0. The summed E-state index contributed by atoms with van der Waals surface area (Å²) in [5.74, 6) is 0.552. The Bertz CT molecular complexity index is 786. The number of urea groups is 1. The number of carbonyl (C=O) groups excluding carboxylic acids is 1. The summed E-state index contributed by atoms with van der Waals surface area (Å²) in [5, 5.41) is 5.48. The lowest BCUT2D eigenvalue weighted by molar-refractivity contribution is -0.137. The van der Waals surface area contributed by atoms with Gasteiger partial charge in [-0.1, -0.05) is 0 Å². The molecule has 0 saturated carbocycles. The largest absolute Gasteiger partial charge is 0.416 e. The van der Waals surface area contributed by atoms with Crippen LogP contribution in [0.1, 0.15) is 31.3 Å². The van der Waals surface area contributed by atoms with Crippen LogP contribution in [0.25, 0.3) is 11.0 Å². The number of rotatable bonds is 3. The maximum atomic E-state index is 12.9. The van der Waals surface area contributed by atoms with Crippen molar-refractivity contribution in [2.75, 3.05) is 13.2 Å². The van der Waals surface area contributed by atoms with Gasteiger partial charge in [-0.2, -0.15) is 13.2 Å². The predicted octanol–water partition coefficient (Wildman–Crippen LogP) is 2.83. The number of aromatic nitrogens is 2. The molecule has 1 atom stereocenters. The Morgan fingerprint density at radius 2 is 2.20 bits per heavy atom. The van der Waals surface area contributed by atoms with Gasteiger partial charge in [0.1, 0.15) is 12.4 Å². The maximum absolute atomic E-state index is 12.9. The average molecular weight is 356 g/mol. The summed E-state index contributed by atoms with van der Waals surface area (Å²) < 4.78 is 45.9. The molecule has 0 aliphatic carbocycles. The van der Waals surface area contributed by atoms with E-state index in [-0.39, 0.29) is 36.8 Å². The van der Waals surface area contributed by atoms with Crippen LogP contribution in [0.15, 0.2) is 18.2 Å². The molecule has 1 aromatic heterocycles. The van der Waals surface area contributed by atoms with Crippen LogP contribution in [-0.2, 0) is 17.5 Å². The summed E-state index contributed by atoms with van der Waals surface area (Å²) in [6, 6.07) is 2.97. The second-order valence-corrected chi connectivity index (χ2v) is 6.28. The van der Waals surface area contributed by atoms with Gasteiger partial charge in [-0.05, 0) is 32.0 Å². The molecule has 1 aliphatic rings. The zero-order chi connectivity index (χ0) is 18.2. The maximum Gasteiger partial charge on any atom is 0.416 e. The van der Waals surface area contributed by atoms with Crippen molar-refractivity contribution in [1.29, 1.82) is 0 Å². The topological polar surface area (TPSA) is 68.2 Å². The lowest BCUT2D eigenvalue weighted by Crippen LogP contribution is -2.43. The number of fused-ring (bicyclic) bond motifs is 3. The molecule has 0 spiro atoms. The highest BCUT2D eigenvalue weighted by Crippen LogP contribution is 2.33. The van der Waals surface area contributed by atoms with Crippen LogP contribution >= 0.6 is 0 Å². The highest BCUT2D eigenvalue weighted by molar-refractivity contribution is 5.77. The summed E-state index contributed by atoms with van der Waals surface area (Å²) in [4.78, 5) is 16.0. The van der Waals surface area contributed by atoms with Crippen molar-refractivity contribution in [2.45, 2.75) is 38.7 Å². The van der Waals surface area contributed by atoms with Crippen LogP contribution in [0.3, 0.4) is 0 Å². The van der Waals surface area contributed by atoms with Crippen molar-refractivity contribution in [3.8, 4) is 0 Å². The Labute approximate surface area is 142 Å². The van der Waals surface area contributed by atoms with E-state index in [1.165, 1.54) is 6.07 Å². The average Bonchev–Trinajstić information content (AvgIpc) is 2.89. The standard InChI is InChI=1S/C16H19F3N4O2/c1-9(2)21-15(24)20-6-11-7-25-8-14-22-12-5-10(16(17,18)19)3-4-13(12)23(11)14/h3-5,9,11H,6-8H2,1-2H3,(H2,20,21,24)/t11-/m0/s1. The van der Waals surface area contributed by atoms with Crippen molar-refractivity contribution in [3.63, 3.8) is 0 Å². The first kappa shape index (κ1) is 17.5. The van der Waals surface area contributed by atoms with Crippen LogP contribution in [0.2, 0.25) is 0 Å². The number of hydrogen-bond donors (Lipinski definition) is 2. The van der Waals surface area contributed by atoms with Gasteiger partial charge in [-0.25, -0.2) is 9.78 Å². The number of hydrogen-bond acceptors (Lipinski definition) is 3. The van der Waals surface area contributed by atoms with Crippen molar-refractivity contribution >= 4 is 17.1 Å². The molecule has 2 heterocycles. The minimum absolute atomic E-state index is 0.00744. The molecule has 1 aliphatic heterocycles. The fourth-order valence-corrected chi connectivity index (χ4v) is 2.87. The van der Waals surface area contributed by atoms with E-state index >= 15 is 0 Å². The third kappa shape index (κ3) is 3.71. The van der Waals surface area contributed by atoms with Crippen LogP contribution in [0, 0.1) is 0 Å². The molecule has 3 rings (SSSR count). The summed E-state index contributed by atoms with van der Waals surface area (Å²) >= 11 is 0. The number of halogens is 3. The third-order valence-electron chi connectivity index (χ3n) is 3.91. The molecule has 2 amide bonds. The molecule has 6 nitrogen and oxygen atoms in total. The van der Waals surface area contributed by atoms with Crippen molar-refractivity contribution in [3.05, 3.63) is 29.6 Å². The van der Waals surface area contributed by atoms with E-state index in [1.807, 2.05) is 18.4 Å². The number of nitrogens with one attached hydrogen (secondary N) is 2. The minimum Gasteiger partial charge on any atom is -0.371 e.